The Hall–Kier alpha value is -1.48. The summed E-state index contributed by atoms with van der Waals surface area (Å²) in [5, 5.41) is 9.55. The zero-order chi connectivity index (χ0) is 9.97. The molecule has 1 heterocycles. The van der Waals surface area contributed by atoms with Gasteiger partial charge in [0.25, 0.3) is 0 Å². The molecule has 0 amide bonds. The third kappa shape index (κ3) is 1.59. The van der Waals surface area contributed by atoms with Crippen LogP contribution < -0.4 is 16.0 Å². The molecule has 0 saturated heterocycles. The van der Waals surface area contributed by atoms with E-state index in [9.17, 15) is 0 Å². The molecule has 1 aliphatic rings. The van der Waals surface area contributed by atoms with Crippen LogP contribution >= 0.6 is 0 Å². The number of nitrogens with one attached hydrogen (secondary N) is 3. The summed E-state index contributed by atoms with van der Waals surface area (Å²) in [5.74, 6) is 0.824. The molecular formula is C11H15N3. The molecule has 0 radical (unpaired) electrons. The highest BCUT2D eigenvalue weighted by atomic mass is 15.1. The Morgan fingerprint density at radius 3 is 3.07 bits per heavy atom. The van der Waals surface area contributed by atoms with Crippen LogP contribution in [0.25, 0.3) is 0 Å². The van der Waals surface area contributed by atoms with Crippen molar-refractivity contribution in [2.45, 2.75) is 13.1 Å². The Labute approximate surface area is 84.2 Å². The highest BCUT2D eigenvalue weighted by Gasteiger charge is 2.13. The SMILES string of the molecule is C=C(NC)Nc1cccc2c1CNC2. The highest BCUT2D eigenvalue weighted by Crippen LogP contribution is 2.24. The van der Waals surface area contributed by atoms with E-state index in [1.807, 2.05) is 7.05 Å². The van der Waals surface area contributed by atoms with Gasteiger partial charge in [-0.3, -0.25) is 0 Å². The fourth-order valence-electron chi connectivity index (χ4n) is 1.67. The summed E-state index contributed by atoms with van der Waals surface area (Å²) in [6, 6.07) is 6.30. The molecule has 0 fully saturated rings. The Morgan fingerprint density at radius 1 is 1.43 bits per heavy atom. The van der Waals surface area contributed by atoms with Crippen molar-refractivity contribution in [1.82, 2.24) is 10.6 Å². The minimum absolute atomic E-state index is 0.824. The molecule has 0 bridgehead atoms. The van der Waals surface area contributed by atoms with Crippen LogP contribution in [0.3, 0.4) is 0 Å². The second-order valence-corrected chi connectivity index (χ2v) is 3.40. The third-order valence-corrected chi connectivity index (χ3v) is 2.48. The van der Waals surface area contributed by atoms with Gasteiger partial charge >= 0.3 is 0 Å². The first-order chi connectivity index (χ1) is 6.81. The van der Waals surface area contributed by atoms with E-state index in [4.69, 9.17) is 0 Å². The summed E-state index contributed by atoms with van der Waals surface area (Å²) in [5.41, 5.74) is 3.87. The van der Waals surface area contributed by atoms with Gasteiger partial charge in [-0.05, 0) is 17.2 Å². The lowest BCUT2D eigenvalue weighted by atomic mass is 10.1. The van der Waals surface area contributed by atoms with Gasteiger partial charge in [-0.1, -0.05) is 18.7 Å². The lowest BCUT2D eigenvalue weighted by Gasteiger charge is -2.12. The fraction of sp³-hybridized carbons (Fsp3) is 0.273. The quantitative estimate of drug-likeness (QED) is 0.672. The lowest BCUT2D eigenvalue weighted by molar-refractivity contribution is 0.765. The van der Waals surface area contributed by atoms with E-state index in [1.165, 1.54) is 11.1 Å². The topological polar surface area (TPSA) is 36.1 Å². The zero-order valence-corrected chi connectivity index (χ0v) is 8.35. The minimum atomic E-state index is 0.824. The van der Waals surface area contributed by atoms with E-state index >= 15 is 0 Å². The van der Waals surface area contributed by atoms with Crippen LogP contribution in [0.2, 0.25) is 0 Å². The highest BCUT2D eigenvalue weighted by molar-refractivity contribution is 5.58. The van der Waals surface area contributed by atoms with Crippen molar-refractivity contribution in [1.29, 1.82) is 0 Å². The van der Waals surface area contributed by atoms with E-state index in [-0.39, 0.29) is 0 Å². The van der Waals surface area contributed by atoms with Crippen LogP contribution in [-0.4, -0.2) is 7.05 Å². The molecule has 0 spiro atoms. The number of fused-ring (bicyclic) bond motifs is 1. The average Bonchev–Trinajstić information content (AvgIpc) is 2.66. The van der Waals surface area contributed by atoms with Crippen molar-refractivity contribution in [3.05, 3.63) is 41.7 Å². The first-order valence-electron chi connectivity index (χ1n) is 4.76. The molecule has 0 aromatic heterocycles. The van der Waals surface area contributed by atoms with Crippen molar-refractivity contribution >= 4 is 5.69 Å². The molecule has 74 valence electrons. The predicted molar refractivity (Wildman–Crippen MR) is 58.8 cm³/mol. The number of benzene rings is 1. The standard InChI is InChI=1S/C11H15N3/c1-8(12-2)14-11-5-3-4-9-6-13-7-10(9)11/h3-5,12-14H,1,6-7H2,2H3. The molecule has 3 N–H and O–H groups in total. The van der Waals surface area contributed by atoms with Gasteiger partial charge in [-0.15, -0.1) is 0 Å². The summed E-state index contributed by atoms with van der Waals surface area (Å²) in [4.78, 5) is 0. The molecule has 0 atom stereocenters. The van der Waals surface area contributed by atoms with Crippen LogP contribution in [0.4, 0.5) is 5.69 Å². The van der Waals surface area contributed by atoms with Gasteiger partial charge in [0.05, 0.1) is 5.82 Å². The summed E-state index contributed by atoms with van der Waals surface area (Å²) >= 11 is 0. The molecule has 1 aliphatic heterocycles. The van der Waals surface area contributed by atoms with E-state index in [1.54, 1.807) is 0 Å². The van der Waals surface area contributed by atoms with E-state index in [0.29, 0.717) is 0 Å². The molecular weight excluding hydrogens is 174 g/mol. The van der Waals surface area contributed by atoms with E-state index in [0.717, 1.165) is 24.6 Å². The Morgan fingerprint density at radius 2 is 2.29 bits per heavy atom. The first kappa shape index (κ1) is 9.09. The molecule has 0 saturated carbocycles. The summed E-state index contributed by atoms with van der Waals surface area (Å²) in [6.45, 7) is 5.76. The summed E-state index contributed by atoms with van der Waals surface area (Å²) in [7, 11) is 1.86. The van der Waals surface area contributed by atoms with Crippen LogP contribution in [-0.2, 0) is 13.1 Å². The fourth-order valence-corrected chi connectivity index (χ4v) is 1.67. The Balaban J connectivity index is 2.26. The van der Waals surface area contributed by atoms with Crippen molar-refractivity contribution in [2.75, 3.05) is 12.4 Å². The normalized spacial score (nSPS) is 13.5. The van der Waals surface area contributed by atoms with E-state index < -0.39 is 0 Å². The third-order valence-electron chi connectivity index (χ3n) is 2.48. The molecule has 1 aromatic rings. The lowest BCUT2D eigenvalue weighted by Crippen LogP contribution is -2.14. The average molecular weight is 189 g/mol. The Bertz CT molecular complexity index is 358. The summed E-state index contributed by atoms with van der Waals surface area (Å²) < 4.78 is 0. The molecule has 0 unspecified atom stereocenters. The van der Waals surface area contributed by atoms with Crippen LogP contribution in [0.5, 0.6) is 0 Å². The van der Waals surface area contributed by atoms with E-state index in [2.05, 4.69) is 40.7 Å². The van der Waals surface area contributed by atoms with Gasteiger partial charge in [0, 0.05) is 25.8 Å². The molecule has 3 nitrogen and oxygen atoms in total. The van der Waals surface area contributed by atoms with Crippen molar-refractivity contribution in [3.8, 4) is 0 Å². The largest absolute Gasteiger partial charge is 0.375 e. The van der Waals surface area contributed by atoms with Gasteiger partial charge in [-0.25, -0.2) is 0 Å². The molecule has 14 heavy (non-hydrogen) atoms. The maximum absolute atomic E-state index is 3.85. The van der Waals surface area contributed by atoms with Crippen LogP contribution in [0.1, 0.15) is 11.1 Å². The minimum Gasteiger partial charge on any atom is -0.375 e. The maximum Gasteiger partial charge on any atom is 0.0954 e. The van der Waals surface area contributed by atoms with Crippen molar-refractivity contribution in [3.63, 3.8) is 0 Å². The molecule has 1 aromatic carbocycles. The molecule has 3 heteroatoms. The zero-order valence-electron chi connectivity index (χ0n) is 8.35. The summed E-state index contributed by atoms with van der Waals surface area (Å²) in [6.07, 6.45) is 0. The monoisotopic (exact) mass is 189 g/mol. The van der Waals surface area contributed by atoms with Crippen LogP contribution in [0, 0.1) is 0 Å². The van der Waals surface area contributed by atoms with Crippen molar-refractivity contribution in [2.24, 2.45) is 0 Å². The second-order valence-electron chi connectivity index (χ2n) is 3.40. The maximum atomic E-state index is 3.85. The van der Waals surface area contributed by atoms with Gasteiger partial charge in [0.15, 0.2) is 0 Å². The Kier molecular flexibility index (Phi) is 2.41. The first-order valence-corrected chi connectivity index (χ1v) is 4.76. The van der Waals surface area contributed by atoms with Crippen LogP contribution in [0.15, 0.2) is 30.6 Å². The molecule has 0 aliphatic carbocycles. The molecule has 2 rings (SSSR count). The number of hydrogen-bond donors (Lipinski definition) is 3. The predicted octanol–water partition coefficient (Wildman–Crippen LogP) is 1.39. The number of hydrogen-bond acceptors (Lipinski definition) is 3. The smallest absolute Gasteiger partial charge is 0.0954 e. The number of anilines is 1. The van der Waals surface area contributed by atoms with Gasteiger partial charge in [-0.2, -0.15) is 0 Å². The number of rotatable bonds is 3. The second kappa shape index (κ2) is 3.72. The van der Waals surface area contributed by atoms with Gasteiger partial charge < -0.3 is 16.0 Å². The van der Waals surface area contributed by atoms with Crippen molar-refractivity contribution < 1.29 is 0 Å². The van der Waals surface area contributed by atoms with Gasteiger partial charge in [0.2, 0.25) is 0 Å². The van der Waals surface area contributed by atoms with Gasteiger partial charge in [0.1, 0.15) is 0 Å².